The lowest BCUT2D eigenvalue weighted by Gasteiger charge is -2.00. The minimum absolute atomic E-state index is 0.142. The topological polar surface area (TPSA) is 42.0 Å². The fraction of sp³-hybridized carbons (Fsp3) is 0.375. The van der Waals surface area contributed by atoms with E-state index in [1.54, 1.807) is 23.5 Å². The third-order valence-electron chi connectivity index (χ3n) is 3.58. The molecule has 5 heteroatoms. The molecule has 1 amide bonds. The average molecular weight is 304 g/mol. The van der Waals surface area contributed by atoms with Crippen LogP contribution >= 0.6 is 11.3 Å². The molecule has 110 valence electrons. The van der Waals surface area contributed by atoms with Crippen LogP contribution in [0, 0.1) is 18.7 Å². The molecule has 1 N–H and O–H groups in total. The molecule has 3 rings (SSSR count). The van der Waals surface area contributed by atoms with Gasteiger partial charge in [-0.3, -0.25) is 4.79 Å². The number of hydrogen-bond acceptors (Lipinski definition) is 3. The standard InChI is InChI=1S/C16H17FN2OS/c1-10-14(8-11-2-6-13(17)7-3-11)21-15(19-10)9-18-16(20)12-4-5-12/h2-3,6-7,12H,4-5,8-9H2,1H3,(H,18,20). The Labute approximate surface area is 127 Å². The van der Waals surface area contributed by atoms with Gasteiger partial charge in [0.1, 0.15) is 10.8 Å². The maximum atomic E-state index is 12.9. The van der Waals surface area contributed by atoms with Crippen molar-refractivity contribution < 1.29 is 9.18 Å². The molecule has 1 aromatic carbocycles. The van der Waals surface area contributed by atoms with E-state index in [4.69, 9.17) is 0 Å². The van der Waals surface area contributed by atoms with Crippen molar-refractivity contribution in [1.82, 2.24) is 10.3 Å². The van der Waals surface area contributed by atoms with Crippen molar-refractivity contribution >= 4 is 17.2 Å². The predicted molar refractivity (Wildman–Crippen MR) is 80.6 cm³/mol. The van der Waals surface area contributed by atoms with Crippen molar-refractivity contribution in [2.75, 3.05) is 0 Å². The number of nitrogens with zero attached hydrogens (tertiary/aromatic N) is 1. The second kappa shape index (κ2) is 5.93. The molecule has 0 spiro atoms. The number of amides is 1. The van der Waals surface area contributed by atoms with Crippen molar-refractivity contribution in [2.24, 2.45) is 5.92 Å². The number of rotatable bonds is 5. The molecule has 0 aliphatic heterocycles. The molecule has 3 nitrogen and oxygen atoms in total. The van der Waals surface area contributed by atoms with E-state index in [0.29, 0.717) is 6.54 Å². The zero-order valence-electron chi connectivity index (χ0n) is 11.9. The Bertz CT molecular complexity index is 647. The van der Waals surface area contributed by atoms with Crippen LogP contribution in [-0.4, -0.2) is 10.9 Å². The van der Waals surface area contributed by atoms with Gasteiger partial charge in [0.2, 0.25) is 5.91 Å². The summed E-state index contributed by atoms with van der Waals surface area (Å²) in [5.41, 5.74) is 2.05. The highest BCUT2D eigenvalue weighted by molar-refractivity contribution is 7.11. The molecular formula is C16H17FN2OS. The summed E-state index contributed by atoms with van der Waals surface area (Å²) in [6.07, 6.45) is 2.78. The molecule has 2 aromatic rings. The first-order valence-corrected chi connectivity index (χ1v) is 7.91. The van der Waals surface area contributed by atoms with Gasteiger partial charge in [0.15, 0.2) is 0 Å². The van der Waals surface area contributed by atoms with Crippen LogP contribution in [0.5, 0.6) is 0 Å². The van der Waals surface area contributed by atoms with Crippen LogP contribution in [0.3, 0.4) is 0 Å². The number of halogens is 1. The van der Waals surface area contributed by atoms with Gasteiger partial charge in [0, 0.05) is 17.2 Å². The first kappa shape index (κ1) is 14.2. The van der Waals surface area contributed by atoms with Crippen LogP contribution < -0.4 is 5.32 Å². The van der Waals surface area contributed by atoms with Crippen LogP contribution in [0.2, 0.25) is 0 Å². The Balaban J connectivity index is 1.63. The van der Waals surface area contributed by atoms with Crippen LogP contribution in [0.1, 0.15) is 34.0 Å². The van der Waals surface area contributed by atoms with Crippen LogP contribution in [0.4, 0.5) is 4.39 Å². The third-order valence-corrected chi connectivity index (χ3v) is 4.73. The summed E-state index contributed by atoms with van der Waals surface area (Å²) in [6.45, 7) is 2.48. The number of carbonyl (C=O) groups excluding carboxylic acids is 1. The summed E-state index contributed by atoms with van der Waals surface area (Å²) in [6, 6.07) is 6.54. The maximum absolute atomic E-state index is 12.9. The largest absolute Gasteiger partial charge is 0.349 e. The molecule has 0 unspecified atom stereocenters. The molecule has 1 heterocycles. The summed E-state index contributed by atoms with van der Waals surface area (Å²) in [5.74, 6) is 0.149. The summed E-state index contributed by atoms with van der Waals surface area (Å²) >= 11 is 1.61. The van der Waals surface area contributed by atoms with Gasteiger partial charge in [0.25, 0.3) is 0 Å². The van der Waals surface area contributed by atoms with Crippen molar-refractivity contribution in [2.45, 2.75) is 32.7 Å². The van der Waals surface area contributed by atoms with Gasteiger partial charge in [-0.25, -0.2) is 9.37 Å². The summed E-state index contributed by atoms with van der Waals surface area (Å²) in [5, 5.41) is 3.86. The summed E-state index contributed by atoms with van der Waals surface area (Å²) < 4.78 is 12.9. The van der Waals surface area contributed by atoms with E-state index in [1.807, 2.05) is 6.92 Å². The lowest BCUT2D eigenvalue weighted by molar-refractivity contribution is -0.122. The molecule has 0 bridgehead atoms. The van der Waals surface area contributed by atoms with Gasteiger partial charge in [-0.05, 0) is 37.5 Å². The van der Waals surface area contributed by atoms with Crippen molar-refractivity contribution in [1.29, 1.82) is 0 Å². The summed E-state index contributed by atoms with van der Waals surface area (Å²) in [4.78, 5) is 17.3. The normalized spacial score (nSPS) is 14.2. The van der Waals surface area contributed by atoms with E-state index in [0.717, 1.165) is 40.4 Å². The van der Waals surface area contributed by atoms with Gasteiger partial charge < -0.3 is 5.32 Å². The first-order valence-electron chi connectivity index (χ1n) is 7.09. The van der Waals surface area contributed by atoms with Crippen LogP contribution in [0.25, 0.3) is 0 Å². The highest BCUT2D eigenvalue weighted by atomic mass is 32.1. The van der Waals surface area contributed by atoms with E-state index in [1.165, 1.54) is 12.1 Å². The number of carbonyl (C=O) groups is 1. The molecule has 0 saturated heterocycles. The third kappa shape index (κ3) is 3.67. The van der Waals surface area contributed by atoms with Gasteiger partial charge in [-0.2, -0.15) is 0 Å². The SMILES string of the molecule is Cc1nc(CNC(=O)C2CC2)sc1Cc1ccc(F)cc1. The van der Waals surface area contributed by atoms with Gasteiger partial charge in [-0.1, -0.05) is 12.1 Å². The quantitative estimate of drug-likeness (QED) is 0.921. The Kier molecular flexibility index (Phi) is 4.01. The first-order chi connectivity index (χ1) is 10.1. The zero-order chi connectivity index (χ0) is 14.8. The number of thiazole rings is 1. The molecule has 0 atom stereocenters. The fourth-order valence-electron chi connectivity index (χ4n) is 2.17. The lowest BCUT2D eigenvalue weighted by Crippen LogP contribution is -2.23. The Hall–Kier alpha value is -1.75. The minimum atomic E-state index is -0.219. The Morgan fingerprint density at radius 2 is 2.10 bits per heavy atom. The summed E-state index contributed by atoms with van der Waals surface area (Å²) in [7, 11) is 0. The Morgan fingerprint density at radius 1 is 1.38 bits per heavy atom. The van der Waals surface area contributed by atoms with E-state index >= 15 is 0 Å². The smallest absolute Gasteiger partial charge is 0.223 e. The second-order valence-electron chi connectivity index (χ2n) is 5.41. The molecular weight excluding hydrogens is 287 g/mol. The van der Waals surface area contributed by atoms with E-state index in [-0.39, 0.29) is 17.6 Å². The molecule has 0 radical (unpaired) electrons. The molecule has 1 aliphatic carbocycles. The van der Waals surface area contributed by atoms with Crippen LogP contribution in [-0.2, 0) is 17.8 Å². The second-order valence-corrected chi connectivity index (χ2v) is 6.58. The highest BCUT2D eigenvalue weighted by Gasteiger charge is 2.29. The molecule has 21 heavy (non-hydrogen) atoms. The number of aromatic nitrogens is 1. The van der Waals surface area contributed by atoms with Crippen molar-refractivity contribution in [3.05, 3.63) is 51.2 Å². The number of benzene rings is 1. The van der Waals surface area contributed by atoms with Gasteiger partial charge >= 0.3 is 0 Å². The zero-order valence-corrected chi connectivity index (χ0v) is 12.7. The van der Waals surface area contributed by atoms with Crippen molar-refractivity contribution in [3.63, 3.8) is 0 Å². The maximum Gasteiger partial charge on any atom is 0.223 e. The van der Waals surface area contributed by atoms with Gasteiger partial charge in [-0.15, -0.1) is 11.3 Å². The molecule has 1 fully saturated rings. The monoisotopic (exact) mass is 304 g/mol. The molecule has 1 saturated carbocycles. The van der Waals surface area contributed by atoms with Crippen molar-refractivity contribution in [3.8, 4) is 0 Å². The Morgan fingerprint density at radius 3 is 2.76 bits per heavy atom. The number of nitrogens with one attached hydrogen (secondary N) is 1. The number of aryl methyl sites for hydroxylation is 1. The average Bonchev–Trinajstić information content (AvgIpc) is 3.25. The van der Waals surface area contributed by atoms with E-state index in [9.17, 15) is 9.18 Å². The fourth-order valence-corrected chi connectivity index (χ4v) is 3.21. The number of hydrogen-bond donors (Lipinski definition) is 1. The highest BCUT2D eigenvalue weighted by Crippen LogP contribution is 2.29. The van der Waals surface area contributed by atoms with E-state index in [2.05, 4.69) is 10.3 Å². The lowest BCUT2D eigenvalue weighted by atomic mass is 10.1. The predicted octanol–water partition coefficient (Wildman–Crippen LogP) is 3.21. The minimum Gasteiger partial charge on any atom is -0.349 e. The van der Waals surface area contributed by atoms with Gasteiger partial charge in [0.05, 0.1) is 12.2 Å². The molecule has 1 aromatic heterocycles. The molecule has 1 aliphatic rings. The van der Waals surface area contributed by atoms with Crippen LogP contribution in [0.15, 0.2) is 24.3 Å². The van der Waals surface area contributed by atoms with E-state index < -0.39 is 0 Å².